The van der Waals surface area contributed by atoms with Gasteiger partial charge in [0.2, 0.25) is 0 Å². The van der Waals surface area contributed by atoms with E-state index < -0.39 is 35.5 Å². The van der Waals surface area contributed by atoms with E-state index in [1.165, 1.54) is 24.3 Å². The number of carboxylic acids is 1. The number of carboxylic acid groups (broad SMARTS) is 1. The minimum Gasteiger partial charge on any atom is -0.508 e. The van der Waals surface area contributed by atoms with Gasteiger partial charge < -0.3 is 19.8 Å². The molecule has 3 aliphatic rings. The highest BCUT2D eigenvalue weighted by Gasteiger charge is 2.49. The lowest BCUT2D eigenvalue weighted by Gasteiger charge is -2.31. The number of terminal acetylenes is 1. The Labute approximate surface area is 304 Å². The minimum atomic E-state index is -5.08. The summed E-state index contributed by atoms with van der Waals surface area (Å²) >= 11 is 6.82. The van der Waals surface area contributed by atoms with Crippen LogP contribution in [-0.4, -0.2) is 81.7 Å². The second kappa shape index (κ2) is 14.8. The van der Waals surface area contributed by atoms with Gasteiger partial charge in [-0.3, -0.25) is 4.90 Å². The molecule has 0 amide bonds. The second-order valence-corrected chi connectivity index (χ2v) is 13.7. The van der Waals surface area contributed by atoms with Gasteiger partial charge in [0, 0.05) is 48.3 Å². The number of nitriles is 1. The van der Waals surface area contributed by atoms with Crippen LogP contribution in [-0.2, 0) is 4.79 Å². The SMILES string of the molecule is C#Cc1c(F)ccc2cc(O)cc(-c3c(Cl)cc4c(N5CCCC(C#N)CC5)nc(OC[C@@]56CCCN5C[C@H](F)C6)nc4c3F)c12.O=C(O)C(F)(F)F. The van der Waals surface area contributed by atoms with Crippen LogP contribution in [0.25, 0.3) is 32.8 Å². The zero-order valence-corrected chi connectivity index (χ0v) is 28.7. The van der Waals surface area contributed by atoms with Crippen LogP contribution in [0.3, 0.4) is 0 Å². The molecule has 3 aliphatic heterocycles. The van der Waals surface area contributed by atoms with E-state index in [1.54, 1.807) is 6.07 Å². The number of phenols is 1. The molecule has 4 aromatic rings. The molecule has 0 radical (unpaired) electrons. The minimum absolute atomic E-state index is 0.00666. The maximum atomic E-state index is 17.0. The zero-order valence-electron chi connectivity index (χ0n) is 28.0. The van der Waals surface area contributed by atoms with Crippen LogP contribution < -0.4 is 9.64 Å². The van der Waals surface area contributed by atoms with Crippen LogP contribution >= 0.6 is 11.6 Å². The van der Waals surface area contributed by atoms with Gasteiger partial charge in [-0.1, -0.05) is 23.6 Å². The van der Waals surface area contributed by atoms with Crippen molar-refractivity contribution in [2.45, 2.75) is 56.4 Å². The number of fused-ring (bicyclic) bond motifs is 3. The first kappa shape index (κ1) is 37.8. The van der Waals surface area contributed by atoms with Gasteiger partial charge in [-0.2, -0.15) is 28.4 Å². The van der Waals surface area contributed by atoms with Crippen LogP contribution in [0, 0.1) is 41.2 Å². The Bertz CT molecular complexity index is 2170. The molecule has 53 heavy (non-hydrogen) atoms. The molecule has 9 nitrogen and oxygen atoms in total. The van der Waals surface area contributed by atoms with E-state index in [4.69, 9.17) is 37.6 Å². The third-order valence-corrected chi connectivity index (χ3v) is 10.3. The summed E-state index contributed by atoms with van der Waals surface area (Å²) in [5.41, 5.74) is -0.631. The molecular weight excluding hydrogens is 728 g/mol. The summed E-state index contributed by atoms with van der Waals surface area (Å²) in [7, 11) is 0. The first-order chi connectivity index (χ1) is 25.2. The number of hydrogen-bond acceptors (Lipinski definition) is 8. The number of carbonyl (C=O) groups is 1. The molecule has 278 valence electrons. The van der Waals surface area contributed by atoms with E-state index in [2.05, 4.69) is 21.9 Å². The van der Waals surface area contributed by atoms with Crippen molar-refractivity contribution in [3.63, 3.8) is 0 Å². The lowest BCUT2D eigenvalue weighted by molar-refractivity contribution is -0.192. The van der Waals surface area contributed by atoms with Gasteiger partial charge in [0.05, 0.1) is 22.2 Å². The van der Waals surface area contributed by atoms with Gasteiger partial charge in [-0.05, 0) is 73.9 Å². The topological polar surface area (TPSA) is 123 Å². The summed E-state index contributed by atoms with van der Waals surface area (Å²) < 4.78 is 84.3. The normalized spacial score (nSPS) is 21.7. The van der Waals surface area contributed by atoms with Crippen LogP contribution in [0.5, 0.6) is 11.8 Å². The van der Waals surface area contributed by atoms with E-state index in [1.807, 2.05) is 4.90 Å². The second-order valence-electron chi connectivity index (χ2n) is 13.3. The van der Waals surface area contributed by atoms with E-state index in [0.29, 0.717) is 49.1 Å². The molecule has 2 N–H and O–H groups in total. The standard InChI is InChI=1S/C35H31ClF3N5O2.C2HF3O2/c1-2-24-28(38)7-6-21-13-23(45)14-25(29(21)24)30-27(36)15-26-32(31(30)39)41-34(42-33(26)43-10-3-5-20(17-40)8-12-43)46-19-35-9-4-11-44(35)18-22(37)16-35;3-2(4,5)1(6)7/h1,6-7,13-15,20,22,45H,3-5,8-12,16,18-19H2;(H,6,7)/t20?,22-,35+;/m1./s1. The monoisotopic (exact) mass is 759 g/mol. The van der Waals surface area contributed by atoms with Gasteiger partial charge in [0.1, 0.15) is 35.7 Å². The smallest absolute Gasteiger partial charge is 0.490 e. The summed E-state index contributed by atoms with van der Waals surface area (Å²) in [6.07, 6.45) is 3.80. The number of hydrogen-bond donors (Lipinski definition) is 2. The fraction of sp³-hybridized carbons (Fsp3) is 0.405. The quantitative estimate of drug-likeness (QED) is 0.155. The summed E-state index contributed by atoms with van der Waals surface area (Å²) in [5.74, 6) is -1.75. The van der Waals surface area contributed by atoms with Crippen molar-refractivity contribution < 1.29 is 46.1 Å². The van der Waals surface area contributed by atoms with E-state index in [-0.39, 0.29) is 56.9 Å². The van der Waals surface area contributed by atoms with Crippen LogP contribution in [0.15, 0.2) is 30.3 Å². The highest BCUT2D eigenvalue weighted by Crippen LogP contribution is 2.45. The molecule has 0 saturated carbocycles. The van der Waals surface area contributed by atoms with Crippen molar-refractivity contribution in [1.82, 2.24) is 14.9 Å². The molecule has 1 aromatic heterocycles. The van der Waals surface area contributed by atoms with Crippen LogP contribution in [0.2, 0.25) is 5.02 Å². The van der Waals surface area contributed by atoms with Gasteiger partial charge >= 0.3 is 18.2 Å². The lowest BCUT2D eigenvalue weighted by atomic mass is 9.93. The molecule has 0 bridgehead atoms. The molecule has 1 unspecified atom stereocenters. The summed E-state index contributed by atoms with van der Waals surface area (Å²) in [5, 5.41) is 28.2. The van der Waals surface area contributed by atoms with E-state index in [0.717, 1.165) is 32.2 Å². The molecule has 3 saturated heterocycles. The lowest BCUT2D eigenvalue weighted by Crippen LogP contribution is -2.43. The predicted octanol–water partition coefficient (Wildman–Crippen LogP) is 7.79. The number of halogens is 7. The fourth-order valence-electron chi connectivity index (χ4n) is 7.56. The van der Waals surface area contributed by atoms with Crippen molar-refractivity contribution >= 4 is 45.1 Å². The van der Waals surface area contributed by atoms with Gasteiger partial charge in [0.25, 0.3) is 0 Å². The maximum absolute atomic E-state index is 17.0. The summed E-state index contributed by atoms with van der Waals surface area (Å²) in [4.78, 5) is 22.3. The van der Waals surface area contributed by atoms with Crippen molar-refractivity contribution in [3.05, 3.63) is 52.6 Å². The van der Waals surface area contributed by atoms with Gasteiger partial charge in [-0.25, -0.2) is 18.0 Å². The Morgan fingerprint density at radius 3 is 2.58 bits per heavy atom. The number of aliphatic carboxylic acids is 1. The number of alkyl halides is 4. The van der Waals surface area contributed by atoms with E-state index in [9.17, 15) is 32.3 Å². The number of ether oxygens (including phenoxy) is 1. The van der Waals surface area contributed by atoms with E-state index >= 15 is 4.39 Å². The molecule has 7 rings (SSSR count). The van der Waals surface area contributed by atoms with Crippen molar-refractivity contribution in [1.29, 1.82) is 5.26 Å². The van der Waals surface area contributed by atoms with Crippen LogP contribution in [0.4, 0.5) is 32.2 Å². The Morgan fingerprint density at radius 2 is 1.89 bits per heavy atom. The average molecular weight is 760 g/mol. The average Bonchev–Trinajstić information content (AvgIpc) is 3.51. The number of benzene rings is 3. The van der Waals surface area contributed by atoms with Crippen molar-refractivity contribution in [2.75, 3.05) is 37.7 Å². The molecule has 3 atom stereocenters. The number of aromatic nitrogens is 2. The molecule has 3 aromatic carbocycles. The molecule has 0 spiro atoms. The zero-order chi connectivity index (χ0) is 38.2. The van der Waals surface area contributed by atoms with Gasteiger partial charge in [0.15, 0.2) is 5.82 Å². The number of phenolic OH excluding ortho intramolecular Hbond substituents is 1. The first-order valence-corrected chi connectivity index (χ1v) is 17.1. The highest BCUT2D eigenvalue weighted by atomic mass is 35.5. The maximum Gasteiger partial charge on any atom is 0.490 e. The Hall–Kier alpha value is -4.99. The molecular formula is C37H32ClF6N5O4. The Balaban J connectivity index is 0.000000626. The van der Waals surface area contributed by atoms with Gasteiger partial charge in [-0.15, -0.1) is 6.42 Å². The number of aromatic hydroxyl groups is 1. The number of rotatable bonds is 5. The van der Waals surface area contributed by atoms with Crippen molar-refractivity contribution in [2.24, 2.45) is 5.92 Å². The predicted molar refractivity (Wildman–Crippen MR) is 184 cm³/mol. The molecule has 3 fully saturated rings. The number of nitrogens with zero attached hydrogens (tertiary/aromatic N) is 5. The summed E-state index contributed by atoms with van der Waals surface area (Å²) in [6.45, 7) is 2.38. The fourth-order valence-corrected chi connectivity index (χ4v) is 7.85. The molecule has 4 heterocycles. The third-order valence-electron chi connectivity index (χ3n) is 9.99. The third kappa shape index (κ3) is 7.46. The van der Waals surface area contributed by atoms with Crippen molar-refractivity contribution in [3.8, 4) is 41.3 Å². The molecule has 0 aliphatic carbocycles. The highest BCUT2D eigenvalue weighted by molar-refractivity contribution is 6.35. The Morgan fingerprint density at radius 1 is 1.13 bits per heavy atom. The number of anilines is 1. The largest absolute Gasteiger partial charge is 0.508 e. The molecule has 16 heteroatoms. The first-order valence-electron chi connectivity index (χ1n) is 16.7. The van der Waals surface area contributed by atoms with Crippen LogP contribution in [0.1, 0.15) is 44.1 Å². The Kier molecular flexibility index (Phi) is 10.5. The summed E-state index contributed by atoms with van der Waals surface area (Å²) in [6, 6.07) is 9.23.